The van der Waals surface area contributed by atoms with Crippen LogP contribution in [0.1, 0.15) is 53.8 Å². The van der Waals surface area contributed by atoms with Gasteiger partial charge in [-0.05, 0) is 43.4 Å². The molecular weight excluding hydrogens is 314 g/mol. The zero-order valence-electron chi connectivity index (χ0n) is 14.7. The standard InChI is InChI=1S/C20H25N3O2/c1-14-11-18(22-21-14)16-6-4-9-23(13-16)20(24)12-19-17-7-3-2-5-15(17)8-10-25-19/h2-3,5,7,11,16,19H,4,6,8-10,12-13H2,1H3,(H,21,22)/t16-,19-/m0/s1. The number of aromatic nitrogens is 2. The summed E-state index contributed by atoms with van der Waals surface area (Å²) in [6.07, 6.45) is 3.39. The van der Waals surface area contributed by atoms with Crippen LogP contribution in [0.5, 0.6) is 0 Å². The average molecular weight is 339 g/mol. The van der Waals surface area contributed by atoms with E-state index >= 15 is 0 Å². The smallest absolute Gasteiger partial charge is 0.225 e. The molecule has 1 fully saturated rings. The summed E-state index contributed by atoms with van der Waals surface area (Å²) in [4.78, 5) is 14.9. The van der Waals surface area contributed by atoms with Crippen molar-refractivity contribution in [2.75, 3.05) is 19.7 Å². The number of nitrogens with one attached hydrogen (secondary N) is 1. The number of carbonyl (C=O) groups excluding carboxylic acids is 1. The number of H-pyrrole nitrogens is 1. The average Bonchev–Trinajstić information content (AvgIpc) is 3.09. The van der Waals surface area contributed by atoms with Gasteiger partial charge >= 0.3 is 0 Å². The minimum Gasteiger partial charge on any atom is -0.373 e. The maximum Gasteiger partial charge on any atom is 0.225 e. The number of hydrogen-bond acceptors (Lipinski definition) is 3. The van der Waals surface area contributed by atoms with E-state index in [1.165, 1.54) is 11.1 Å². The van der Waals surface area contributed by atoms with Gasteiger partial charge in [-0.2, -0.15) is 5.10 Å². The Bertz CT molecular complexity index is 755. The summed E-state index contributed by atoms with van der Waals surface area (Å²) in [7, 11) is 0. The van der Waals surface area contributed by atoms with Crippen LogP contribution in [0.2, 0.25) is 0 Å². The van der Waals surface area contributed by atoms with Gasteiger partial charge in [-0.25, -0.2) is 0 Å². The van der Waals surface area contributed by atoms with Crippen molar-refractivity contribution in [3.8, 4) is 0 Å². The second-order valence-electron chi connectivity index (χ2n) is 7.17. The van der Waals surface area contributed by atoms with Crippen LogP contribution < -0.4 is 0 Å². The lowest BCUT2D eigenvalue weighted by Gasteiger charge is -2.34. The van der Waals surface area contributed by atoms with Gasteiger partial charge in [-0.15, -0.1) is 0 Å². The van der Waals surface area contributed by atoms with Crippen molar-refractivity contribution in [1.29, 1.82) is 0 Å². The molecular formula is C20H25N3O2. The molecule has 2 aliphatic heterocycles. The number of aryl methyl sites for hydroxylation is 1. The van der Waals surface area contributed by atoms with Gasteiger partial charge in [0.05, 0.1) is 24.8 Å². The van der Waals surface area contributed by atoms with E-state index in [1.54, 1.807) is 0 Å². The van der Waals surface area contributed by atoms with Gasteiger partial charge in [-0.1, -0.05) is 24.3 Å². The number of aromatic amines is 1. The highest BCUT2D eigenvalue weighted by Gasteiger charge is 2.29. The van der Waals surface area contributed by atoms with Crippen LogP contribution >= 0.6 is 0 Å². The predicted molar refractivity (Wildman–Crippen MR) is 95.3 cm³/mol. The first-order valence-electron chi connectivity index (χ1n) is 9.20. The molecule has 5 nitrogen and oxygen atoms in total. The SMILES string of the molecule is Cc1cc([C@H]2CCCN(C(=O)C[C@@H]3OCCc4ccccc43)C2)n[nH]1. The van der Waals surface area contributed by atoms with E-state index in [4.69, 9.17) is 4.74 Å². The number of carbonyl (C=O) groups is 1. The largest absolute Gasteiger partial charge is 0.373 e. The van der Waals surface area contributed by atoms with Gasteiger partial charge in [0.25, 0.3) is 0 Å². The Morgan fingerprint density at radius 1 is 1.40 bits per heavy atom. The van der Waals surface area contributed by atoms with Crippen molar-refractivity contribution < 1.29 is 9.53 Å². The number of fused-ring (bicyclic) bond motifs is 1. The second-order valence-corrected chi connectivity index (χ2v) is 7.17. The first-order chi connectivity index (χ1) is 12.2. The first-order valence-corrected chi connectivity index (χ1v) is 9.20. The fraction of sp³-hybridized carbons (Fsp3) is 0.500. The van der Waals surface area contributed by atoms with Gasteiger partial charge in [0.15, 0.2) is 0 Å². The molecule has 0 saturated carbocycles. The Kier molecular flexibility index (Phi) is 4.57. The fourth-order valence-corrected chi connectivity index (χ4v) is 4.03. The van der Waals surface area contributed by atoms with Gasteiger partial charge in [0.2, 0.25) is 5.91 Å². The molecule has 2 atom stereocenters. The Morgan fingerprint density at radius 3 is 3.12 bits per heavy atom. The summed E-state index contributed by atoms with van der Waals surface area (Å²) in [5.41, 5.74) is 4.65. The van der Waals surface area contributed by atoms with Crippen molar-refractivity contribution in [3.05, 3.63) is 52.8 Å². The van der Waals surface area contributed by atoms with E-state index in [2.05, 4.69) is 34.5 Å². The summed E-state index contributed by atoms with van der Waals surface area (Å²) >= 11 is 0. The van der Waals surface area contributed by atoms with Crippen LogP contribution in [0, 0.1) is 6.92 Å². The van der Waals surface area contributed by atoms with Crippen LogP contribution in [0.4, 0.5) is 0 Å². The molecule has 1 N–H and O–H groups in total. The van der Waals surface area contributed by atoms with Crippen molar-refractivity contribution >= 4 is 5.91 Å². The number of hydrogen-bond donors (Lipinski definition) is 1. The molecule has 0 bridgehead atoms. The van der Waals surface area contributed by atoms with Crippen LogP contribution in [0.15, 0.2) is 30.3 Å². The van der Waals surface area contributed by atoms with E-state index in [0.717, 1.165) is 43.7 Å². The third-order valence-corrected chi connectivity index (χ3v) is 5.37. The van der Waals surface area contributed by atoms with Gasteiger partial charge in [0.1, 0.15) is 0 Å². The lowest BCUT2D eigenvalue weighted by molar-refractivity contribution is -0.135. The Hall–Kier alpha value is -2.14. The highest BCUT2D eigenvalue weighted by atomic mass is 16.5. The molecule has 1 amide bonds. The fourth-order valence-electron chi connectivity index (χ4n) is 4.03. The third kappa shape index (κ3) is 3.47. The Balaban J connectivity index is 1.43. The van der Waals surface area contributed by atoms with E-state index < -0.39 is 0 Å². The minimum atomic E-state index is -0.106. The van der Waals surface area contributed by atoms with E-state index in [9.17, 15) is 4.79 Å². The van der Waals surface area contributed by atoms with Crippen LogP contribution in [0.3, 0.4) is 0 Å². The zero-order valence-corrected chi connectivity index (χ0v) is 14.7. The quantitative estimate of drug-likeness (QED) is 0.935. The lowest BCUT2D eigenvalue weighted by atomic mass is 9.93. The van der Waals surface area contributed by atoms with E-state index in [1.807, 2.05) is 17.9 Å². The number of benzene rings is 1. The van der Waals surface area contributed by atoms with Crippen LogP contribution in [0.25, 0.3) is 0 Å². The molecule has 0 spiro atoms. The lowest BCUT2D eigenvalue weighted by Crippen LogP contribution is -2.40. The molecule has 1 aromatic carbocycles. The van der Waals surface area contributed by atoms with Crippen molar-refractivity contribution in [2.24, 2.45) is 0 Å². The maximum absolute atomic E-state index is 12.9. The van der Waals surface area contributed by atoms with Gasteiger partial charge in [-0.3, -0.25) is 9.89 Å². The number of ether oxygens (including phenoxy) is 1. The number of nitrogens with zero attached hydrogens (tertiary/aromatic N) is 2. The van der Waals surface area contributed by atoms with Crippen LogP contribution in [-0.2, 0) is 16.0 Å². The van der Waals surface area contributed by atoms with Crippen LogP contribution in [-0.4, -0.2) is 40.7 Å². The number of likely N-dealkylation sites (tertiary alicyclic amines) is 1. The molecule has 2 aliphatic rings. The first kappa shape index (κ1) is 16.3. The molecule has 0 radical (unpaired) electrons. The van der Waals surface area contributed by atoms with Crippen molar-refractivity contribution in [2.45, 2.75) is 44.6 Å². The Morgan fingerprint density at radius 2 is 2.28 bits per heavy atom. The molecule has 1 saturated heterocycles. The molecule has 0 unspecified atom stereocenters. The third-order valence-electron chi connectivity index (χ3n) is 5.37. The number of rotatable bonds is 3. The molecule has 1 aromatic heterocycles. The maximum atomic E-state index is 12.9. The molecule has 0 aliphatic carbocycles. The van der Waals surface area contributed by atoms with Gasteiger partial charge < -0.3 is 9.64 Å². The topological polar surface area (TPSA) is 58.2 Å². The minimum absolute atomic E-state index is 0.106. The molecule has 4 rings (SSSR count). The predicted octanol–water partition coefficient (Wildman–Crippen LogP) is 3.13. The summed E-state index contributed by atoms with van der Waals surface area (Å²) in [5, 5.41) is 7.40. The summed E-state index contributed by atoms with van der Waals surface area (Å²) < 4.78 is 5.92. The summed E-state index contributed by atoms with van der Waals surface area (Å²) in [5.74, 6) is 0.529. The highest BCUT2D eigenvalue weighted by Crippen LogP contribution is 2.32. The Labute approximate surface area is 148 Å². The second kappa shape index (κ2) is 7.00. The van der Waals surface area contributed by atoms with E-state index in [-0.39, 0.29) is 12.0 Å². The van der Waals surface area contributed by atoms with Crippen molar-refractivity contribution in [1.82, 2.24) is 15.1 Å². The molecule has 2 aromatic rings. The molecule has 3 heterocycles. The molecule has 25 heavy (non-hydrogen) atoms. The van der Waals surface area contributed by atoms with E-state index in [0.29, 0.717) is 18.9 Å². The number of piperidine rings is 1. The summed E-state index contributed by atoms with van der Waals surface area (Å²) in [6.45, 7) is 4.31. The van der Waals surface area contributed by atoms with Crippen molar-refractivity contribution in [3.63, 3.8) is 0 Å². The number of amides is 1. The normalized spacial score (nSPS) is 23.3. The zero-order chi connectivity index (χ0) is 17.2. The molecule has 132 valence electrons. The molecule has 5 heteroatoms. The summed E-state index contributed by atoms with van der Waals surface area (Å²) in [6, 6.07) is 10.4. The monoisotopic (exact) mass is 339 g/mol. The van der Waals surface area contributed by atoms with Gasteiger partial charge in [0, 0.05) is 24.7 Å². The highest BCUT2D eigenvalue weighted by molar-refractivity contribution is 5.77.